The van der Waals surface area contributed by atoms with Crippen LogP contribution in [0.15, 0.2) is 66.9 Å². The Morgan fingerprint density at radius 2 is 1.62 bits per heavy atom. The number of benzene rings is 2. The molecule has 2 aromatic carbocycles. The molecule has 0 amide bonds. The summed E-state index contributed by atoms with van der Waals surface area (Å²) in [6, 6.07) is 19.1. The topological polar surface area (TPSA) is 49.8 Å². The van der Waals surface area contributed by atoms with Gasteiger partial charge >= 0.3 is 0 Å². The lowest BCUT2D eigenvalue weighted by Crippen LogP contribution is -2.11. The molecule has 5 heteroatoms. The van der Waals surface area contributed by atoms with Crippen molar-refractivity contribution >= 4 is 11.8 Å². The van der Waals surface area contributed by atoms with Crippen molar-refractivity contribution in [3.8, 4) is 0 Å². The highest BCUT2D eigenvalue weighted by Gasteiger charge is 2.02. The van der Waals surface area contributed by atoms with Crippen molar-refractivity contribution in [1.29, 1.82) is 0 Å². The zero-order valence-electron chi connectivity index (χ0n) is 14.7. The summed E-state index contributed by atoms with van der Waals surface area (Å²) in [7, 11) is 0. The van der Waals surface area contributed by atoms with Crippen LogP contribution < -0.4 is 10.6 Å². The van der Waals surface area contributed by atoms with Crippen molar-refractivity contribution in [2.24, 2.45) is 0 Å². The predicted molar refractivity (Wildman–Crippen MR) is 104 cm³/mol. The van der Waals surface area contributed by atoms with Gasteiger partial charge in [0.1, 0.15) is 11.6 Å². The van der Waals surface area contributed by atoms with Crippen molar-refractivity contribution in [1.82, 2.24) is 9.97 Å². The number of aryl methyl sites for hydroxylation is 1. The number of anilines is 2. The van der Waals surface area contributed by atoms with Gasteiger partial charge in [-0.25, -0.2) is 9.37 Å². The first-order valence-corrected chi connectivity index (χ1v) is 8.89. The van der Waals surface area contributed by atoms with Crippen LogP contribution in [0.2, 0.25) is 0 Å². The summed E-state index contributed by atoms with van der Waals surface area (Å²) in [5.41, 5.74) is 2.03. The van der Waals surface area contributed by atoms with E-state index in [0.717, 1.165) is 25.2 Å². The van der Waals surface area contributed by atoms with E-state index in [-0.39, 0.29) is 5.82 Å². The van der Waals surface area contributed by atoms with Gasteiger partial charge in [0.05, 0.1) is 0 Å². The van der Waals surface area contributed by atoms with E-state index in [1.54, 1.807) is 18.3 Å². The van der Waals surface area contributed by atoms with Gasteiger partial charge in [-0.15, -0.1) is 0 Å². The van der Waals surface area contributed by atoms with Gasteiger partial charge in [0, 0.05) is 19.3 Å². The van der Waals surface area contributed by atoms with E-state index < -0.39 is 0 Å². The van der Waals surface area contributed by atoms with Gasteiger partial charge in [0.25, 0.3) is 0 Å². The fourth-order valence-corrected chi connectivity index (χ4v) is 2.71. The fraction of sp³-hybridized carbons (Fsp3) is 0.238. The Bertz CT molecular complexity index is 808. The molecule has 0 atom stereocenters. The summed E-state index contributed by atoms with van der Waals surface area (Å²) in [6.45, 7) is 1.43. The summed E-state index contributed by atoms with van der Waals surface area (Å²) < 4.78 is 13.6. The Hall–Kier alpha value is -2.95. The zero-order chi connectivity index (χ0) is 18.0. The lowest BCUT2D eigenvalue weighted by atomic mass is 10.1. The molecule has 0 saturated heterocycles. The number of hydrogen-bond acceptors (Lipinski definition) is 4. The maximum atomic E-state index is 13.6. The highest BCUT2D eigenvalue weighted by molar-refractivity contribution is 5.39. The molecule has 0 radical (unpaired) electrons. The van der Waals surface area contributed by atoms with E-state index >= 15 is 0 Å². The van der Waals surface area contributed by atoms with Crippen LogP contribution >= 0.6 is 0 Å². The second-order valence-electron chi connectivity index (χ2n) is 6.05. The van der Waals surface area contributed by atoms with E-state index in [9.17, 15) is 4.39 Å². The number of nitrogens with zero attached hydrogens (tertiary/aromatic N) is 2. The van der Waals surface area contributed by atoms with Crippen LogP contribution in [0.1, 0.15) is 17.5 Å². The molecule has 3 aromatic rings. The lowest BCUT2D eigenvalue weighted by Gasteiger charge is -2.09. The third kappa shape index (κ3) is 5.55. The Balaban J connectivity index is 1.42. The largest absolute Gasteiger partial charge is 0.370 e. The van der Waals surface area contributed by atoms with Crippen molar-refractivity contribution in [2.75, 3.05) is 23.7 Å². The van der Waals surface area contributed by atoms with Crippen molar-refractivity contribution < 1.29 is 4.39 Å². The SMILES string of the molecule is Fc1ccccc1CCNc1nccc(NCCCc2ccccc2)n1. The van der Waals surface area contributed by atoms with E-state index in [4.69, 9.17) is 0 Å². The first-order valence-electron chi connectivity index (χ1n) is 8.89. The average Bonchev–Trinajstić information content (AvgIpc) is 2.68. The summed E-state index contributed by atoms with van der Waals surface area (Å²) in [6.07, 6.45) is 4.37. The van der Waals surface area contributed by atoms with Gasteiger partial charge in [-0.05, 0) is 42.5 Å². The third-order valence-corrected chi connectivity index (χ3v) is 4.08. The number of halogens is 1. The number of aromatic nitrogens is 2. The molecule has 0 unspecified atom stereocenters. The molecular formula is C21H23FN4. The molecule has 4 nitrogen and oxygen atoms in total. The highest BCUT2D eigenvalue weighted by atomic mass is 19.1. The quantitative estimate of drug-likeness (QED) is 0.565. The molecule has 0 bridgehead atoms. The van der Waals surface area contributed by atoms with Gasteiger partial charge in [0.15, 0.2) is 0 Å². The molecule has 2 N–H and O–H groups in total. The average molecular weight is 350 g/mol. The van der Waals surface area contributed by atoms with Gasteiger partial charge < -0.3 is 10.6 Å². The van der Waals surface area contributed by atoms with Crippen molar-refractivity contribution in [2.45, 2.75) is 19.3 Å². The lowest BCUT2D eigenvalue weighted by molar-refractivity contribution is 0.610. The Kier molecular flexibility index (Phi) is 6.53. The monoisotopic (exact) mass is 350 g/mol. The van der Waals surface area contributed by atoms with Crippen LogP contribution in [-0.4, -0.2) is 23.1 Å². The minimum absolute atomic E-state index is 0.177. The van der Waals surface area contributed by atoms with Crippen LogP contribution in [0.5, 0.6) is 0 Å². The Morgan fingerprint density at radius 1 is 0.808 bits per heavy atom. The first-order chi connectivity index (χ1) is 12.8. The van der Waals surface area contributed by atoms with Crippen molar-refractivity contribution in [3.05, 3.63) is 83.8 Å². The van der Waals surface area contributed by atoms with Crippen LogP contribution in [0, 0.1) is 5.82 Å². The molecule has 1 heterocycles. The standard InChI is InChI=1S/C21H23FN4/c22-19-11-5-4-10-18(19)12-15-24-21-25-16-13-20(26-21)23-14-6-9-17-7-2-1-3-8-17/h1-5,7-8,10-11,13,16H,6,9,12,14-15H2,(H2,23,24,25,26). The molecule has 0 fully saturated rings. The summed E-state index contributed by atoms with van der Waals surface area (Å²) in [5, 5.41) is 6.47. The maximum absolute atomic E-state index is 13.6. The molecule has 0 aliphatic rings. The molecule has 134 valence electrons. The molecule has 26 heavy (non-hydrogen) atoms. The smallest absolute Gasteiger partial charge is 0.224 e. The molecule has 1 aromatic heterocycles. The normalized spacial score (nSPS) is 10.5. The van der Waals surface area contributed by atoms with Crippen LogP contribution in [0.25, 0.3) is 0 Å². The highest BCUT2D eigenvalue weighted by Crippen LogP contribution is 2.09. The van der Waals surface area contributed by atoms with Gasteiger partial charge in [-0.1, -0.05) is 48.5 Å². The zero-order valence-corrected chi connectivity index (χ0v) is 14.7. The van der Waals surface area contributed by atoms with Crippen LogP contribution in [-0.2, 0) is 12.8 Å². The molecule has 0 aliphatic heterocycles. The van der Waals surface area contributed by atoms with Gasteiger partial charge in [-0.2, -0.15) is 4.98 Å². The molecule has 0 saturated carbocycles. The number of rotatable bonds is 9. The predicted octanol–water partition coefficient (Wildman–Crippen LogP) is 4.32. The Morgan fingerprint density at radius 3 is 2.46 bits per heavy atom. The summed E-state index contributed by atoms with van der Waals surface area (Å²) >= 11 is 0. The van der Waals surface area contributed by atoms with Gasteiger partial charge in [0.2, 0.25) is 5.95 Å². The van der Waals surface area contributed by atoms with E-state index in [1.165, 1.54) is 11.6 Å². The molecular weight excluding hydrogens is 327 g/mol. The minimum atomic E-state index is -0.177. The van der Waals surface area contributed by atoms with E-state index in [1.807, 2.05) is 18.2 Å². The third-order valence-electron chi connectivity index (χ3n) is 4.08. The van der Waals surface area contributed by atoms with E-state index in [0.29, 0.717) is 24.5 Å². The summed E-state index contributed by atoms with van der Waals surface area (Å²) in [5.74, 6) is 1.17. The second kappa shape index (κ2) is 9.51. The maximum Gasteiger partial charge on any atom is 0.224 e. The minimum Gasteiger partial charge on any atom is -0.370 e. The summed E-state index contributed by atoms with van der Waals surface area (Å²) in [4.78, 5) is 8.66. The molecule has 0 aliphatic carbocycles. The molecule has 3 rings (SSSR count). The van der Waals surface area contributed by atoms with Crippen LogP contribution in [0.3, 0.4) is 0 Å². The van der Waals surface area contributed by atoms with Crippen molar-refractivity contribution in [3.63, 3.8) is 0 Å². The fourth-order valence-electron chi connectivity index (χ4n) is 2.71. The van der Waals surface area contributed by atoms with E-state index in [2.05, 4.69) is 44.9 Å². The molecule has 0 spiro atoms. The number of hydrogen-bond donors (Lipinski definition) is 2. The Labute approximate surface area is 153 Å². The van der Waals surface area contributed by atoms with Gasteiger partial charge in [-0.3, -0.25) is 0 Å². The second-order valence-corrected chi connectivity index (χ2v) is 6.05. The van der Waals surface area contributed by atoms with Crippen LogP contribution in [0.4, 0.5) is 16.2 Å². The first kappa shape index (κ1) is 17.9. The number of nitrogens with one attached hydrogen (secondary N) is 2.